The molecular formula is C4H14N3OP. The SMILES string of the molecule is CCN(CC)P(N)(N)=O. The minimum atomic E-state index is -2.94. The lowest BCUT2D eigenvalue weighted by atomic mass is 10.7. The normalized spacial score (nSPS) is 12.6. The molecule has 0 spiro atoms. The summed E-state index contributed by atoms with van der Waals surface area (Å²) in [6.07, 6.45) is 0. The zero-order chi connectivity index (χ0) is 7.49. The summed E-state index contributed by atoms with van der Waals surface area (Å²) in [5, 5.41) is 0. The van der Waals surface area contributed by atoms with Crippen molar-refractivity contribution in [2.45, 2.75) is 13.8 Å². The van der Waals surface area contributed by atoms with Crippen LogP contribution < -0.4 is 11.0 Å². The highest BCUT2D eigenvalue weighted by Crippen LogP contribution is 2.29. The molecule has 0 aliphatic rings. The fraction of sp³-hybridized carbons (Fsp3) is 1.00. The lowest BCUT2D eigenvalue weighted by molar-refractivity contribution is 0.444. The third-order valence-electron chi connectivity index (χ3n) is 1.17. The number of hydrogen-bond donors (Lipinski definition) is 2. The van der Waals surface area contributed by atoms with Crippen LogP contribution in [0.4, 0.5) is 0 Å². The maximum absolute atomic E-state index is 10.9. The van der Waals surface area contributed by atoms with Crippen molar-refractivity contribution in [1.29, 1.82) is 0 Å². The summed E-state index contributed by atoms with van der Waals surface area (Å²) >= 11 is 0. The van der Waals surface area contributed by atoms with Crippen molar-refractivity contribution >= 4 is 7.59 Å². The predicted molar refractivity (Wildman–Crippen MR) is 38.9 cm³/mol. The van der Waals surface area contributed by atoms with Gasteiger partial charge in [-0.15, -0.1) is 0 Å². The highest BCUT2D eigenvalue weighted by atomic mass is 31.2. The third kappa shape index (κ3) is 2.96. The summed E-state index contributed by atoms with van der Waals surface area (Å²) in [7, 11) is -2.94. The van der Waals surface area contributed by atoms with Crippen molar-refractivity contribution in [1.82, 2.24) is 4.67 Å². The molecule has 0 rings (SSSR count). The van der Waals surface area contributed by atoms with Crippen LogP contribution in [-0.2, 0) is 4.57 Å². The van der Waals surface area contributed by atoms with Gasteiger partial charge in [-0.3, -0.25) is 15.6 Å². The molecule has 0 fully saturated rings. The van der Waals surface area contributed by atoms with E-state index in [0.29, 0.717) is 13.1 Å². The van der Waals surface area contributed by atoms with E-state index in [-0.39, 0.29) is 0 Å². The van der Waals surface area contributed by atoms with Crippen LogP contribution in [0.1, 0.15) is 13.8 Å². The Morgan fingerprint density at radius 3 is 1.67 bits per heavy atom. The summed E-state index contributed by atoms with van der Waals surface area (Å²) in [6, 6.07) is 0. The standard InChI is InChI=1S/C4H14N3OP/c1-3-7(4-2)9(5,6)8/h3-4H2,1-2H3,(H4,5,6,8). The van der Waals surface area contributed by atoms with Crippen LogP contribution in [0.3, 0.4) is 0 Å². The van der Waals surface area contributed by atoms with E-state index >= 15 is 0 Å². The van der Waals surface area contributed by atoms with Gasteiger partial charge in [-0.05, 0) is 0 Å². The van der Waals surface area contributed by atoms with Gasteiger partial charge in [0.25, 0.3) is 7.59 Å². The van der Waals surface area contributed by atoms with E-state index in [4.69, 9.17) is 11.0 Å². The zero-order valence-corrected chi connectivity index (χ0v) is 6.77. The molecule has 4 N–H and O–H groups in total. The van der Waals surface area contributed by atoms with Crippen molar-refractivity contribution in [2.75, 3.05) is 13.1 Å². The van der Waals surface area contributed by atoms with E-state index in [2.05, 4.69) is 0 Å². The lowest BCUT2D eigenvalue weighted by Crippen LogP contribution is -2.28. The van der Waals surface area contributed by atoms with E-state index in [1.54, 1.807) is 4.67 Å². The summed E-state index contributed by atoms with van der Waals surface area (Å²) < 4.78 is 12.4. The minimum Gasteiger partial charge on any atom is -0.271 e. The van der Waals surface area contributed by atoms with Crippen LogP contribution in [0, 0.1) is 0 Å². The van der Waals surface area contributed by atoms with Crippen molar-refractivity contribution in [3.05, 3.63) is 0 Å². The summed E-state index contributed by atoms with van der Waals surface area (Å²) in [6.45, 7) is 5.02. The smallest absolute Gasteiger partial charge is 0.271 e. The fourth-order valence-electron chi connectivity index (χ4n) is 0.666. The van der Waals surface area contributed by atoms with Crippen LogP contribution in [0.5, 0.6) is 0 Å². The average Bonchev–Trinajstić information content (AvgIpc) is 1.65. The van der Waals surface area contributed by atoms with Gasteiger partial charge >= 0.3 is 0 Å². The molecule has 0 bridgehead atoms. The Morgan fingerprint density at radius 1 is 1.33 bits per heavy atom. The number of hydrogen-bond acceptors (Lipinski definition) is 1. The Hall–Kier alpha value is 0.110. The molecule has 0 aromatic rings. The molecule has 0 heterocycles. The third-order valence-corrected chi connectivity index (χ3v) is 2.62. The van der Waals surface area contributed by atoms with Crippen molar-refractivity contribution in [3.8, 4) is 0 Å². The van der Waals surface area contributed by atoms with Crippen LogP contribution in [-0.4, -0.2) is 17.8 Å². The molecule has 0 atom stereocenters. The van der Waals surface area contributed by atoms with E-state index in [1.807, 2.05) is 13.8 Å². The first kappa shape index (κ1) is 9.11. The first-order chi connectivity index (χ1) is 4.02. The number of nitrogens with two attached hydrogens (primary N) is 2. The second kappa shape index (κ2) is 3.32. The zero-order valence-electron chi connectivity index (χ0n) is 5.87. The minimum absolute atomic E-state index is 0.640. The van der Waals surface area contributed by atoms with Gasteiger partial charge in [0.1, 0.15) is 0 Å². The second-order valence-corrected chi connectivity index (χ2v) is 3.72. The molecule has 0 amide bonds. The fourth-order valence-corrected chi connectivity index (χ4v) is 1.55. The maximum atomic E-state index is 10.9. The van der Waals surface area contributed by atoms with Gasteiger partial charge in [-0.1, -0.05) is 13.8 Å². The molecule has 4 nitrogen and oxygen atoms in total. The van der Waals surface area contributed by atoms with Gasteiger partial charge in [-0.2, -0.15) is 0 Å². The molecule has 0 unspecified atom stereocenters. The largest absolute Gasteiger partial charge is 0.276 e. The van der Waals surface area contributed by atoms with Crippen molar-refractivity contribution < 1.29 is 4.57 Å². The Bertz CT molecular complexity index is 117. The van der Waals surface area contributed by atoms with E-state index in [0.717, 1.165) is 0 Å². The van der Waals surface area contributed by atoms with Crippen LogP contribution in [0.2, 0.25) is 0 Å². The van der Waals surface area contributed by atoms with Gasteiger partial charge in [0.05, 0.1) is 0 Å². The monoisotopic (exact) mass is 151 g/mol. The van der Waals surface area contributed by atoms with E-state index in [9.17, 15) is 4.57 Å². The van der Waals surface area contributed by atoms with E-state index < -0.39 is 7.59 Å². The molecule has 0 aromatic heterocycles. The van der Waals surface area contributed by atoms with Crippen LogP contribution >= 0.6 is 7.59 Å². The molecule has 0 aliphatic carbocycles. The van der Waals surface area contributed by atoms with Crippen molar-refractivity contribution in [2.24, 2.45) is 11.0 Å². The van der Waals surface area contributed by atoms with E-state index in [1.165, 1.54) is 0 Å². The first-order valence-corrected chi connectivity index (χ1v) is 4.74. The quantitative estimate of drug-likeness (QED) is 0.571. The molecule has 0 aromatic carbocycles. The Morgan fingerprint density at radius 2 is 1.67 bits per heavy atom. The molecule has 0 aliphatic heterocycles. The lowest BCUT2D eigenvalue weighted by Gasteiger charge is -2.21. The summed E-state index contributed by atoms with van der Waals surface area (Å²) in [5.74, 6) is 0. The number of rotatable bonds is 3. The topological polar surface area (TPSA) is 72.3 Å². The molecule has 0 saturated carbocycles. The average molecular weight is 151 g/mol. The molecule has 0 saturated heterocycles. The maximum Gasteiger partial charge on any atom is 0.276 e. The van der Waals surface area contributed by atoms with Gasteiger partial charge in [0, 0.05) is 13.1 Å². The molecule has 56 valence electrons. The molecular weight excluding hydrogens is 137 g/mol. The first-order valence-electron chi connectivity index (χ1n) is 2.95. The highest BCUT2D eigenvalue weighted by Gasteiger charge is 2.15. The van der Waals surface area contributed by atoms with Crippen molar-refractivity contribution in [3.63, 3.8) is 0 Å². The van der Waals surface area contributed by atoms with Crippen LogP contribution in [0.15, 0.2) is 0 Å². The summed E-state index contributed by atoms with van der Waals surface area (Å²) in [5.41, 5.74) is 10.3. The summed E-state index contributed by atoms with van der Waals surface area (Å²) in [4.78, 5) is 0. The molecule has 9 heavy (non-hydrogen) atoms. The number of nitrogens with zero attached hydrogens (tertiary/aromatic N) is 1. The highest BCUT2D eigenvalue weighted by molar-refractivity contribution is 7.56. The molecule has 0 radical (unpaired) electrons. The van der Waals surface area contributed by atoms with Gasteiger partial charge in [-0.25, -0.2) is 4.67 Å². The van der Waals surface area contributed by atoms with Gasteiger partial charge < -0.3 is 0 Å². The Kier molecular flexibility index (Phi) is 3.36. The molecule has 5 heteroatoms. The second-order valence-electron chi connectivity index (χ2n) is 1.81. The predicted octanol–water partition coefficient (Wildman–Crippen LogP) is 0.354. The van der Waals surface area contributed by atoms with Crippen LogP contribution in [0.25, 0.3) is 0 Å². The van der Waals surface area contributed by atoms with Gasteiger partial charge in [0.15, 0.2) is 0 Å². The van der Waals surface area contributed by atoms with Gasteiger partial charge in [0.2, 0.25) is 0 Å². The Labute approximate surface area is 55.7 Å². The Balaban J connectivity index is 3.96.